The highest BCUT2D eigenvalue weighted by Gasteiger charge is 2.42. The molecule has 3 aliphatic rings. The Hall–Kier alpha value is -0.610. The van der Waals surface area contributed by atoms with Crippen molar-refractivity contribution in [2.24, 2.45) is 17.8 Å². The molecule has 0 unspecified atom stereocenters. The number of morpholine rings is 1. The van der Waals surface area contributed by atoms with Gasteiger partial charge in [-0.25, -0.2) is 0 Å². The van der Waals surface area contributed by atoms with Crippen LogP contribution in [0.1, 0.15) is 32.6 Å². The molecule has 2 saturated carbocycles. The van der Waals surface area contributed by atoms with Crippen molar-refractivity contribution in [3.05, 3.63) is 0 Å². The van der Waals surface area contributed by atoms with E-state index in [-0.39, 0.29) is 5.91 Å². The summed E-state index contributed by atoms with van der Waals surface area (Å²) in [6.45, 7) is 6.02. The Labute approximate surface area is 115 Å². The Bertz CT molecular complexity index is 328. The van der Waals surface area contributed by atoms with Crippen LogP contribution in [0.4, 0.5) is 0 Å². The molecule has 3 fully saturated rings. The number of amides is 1. The topological polar surface area (TPSA) is 41.6 Å². The largest absolute Gasteiger partial charge is 0.379 e. The molecule has 0 aromatic heterocycles. The second-order valence-electron chi connectivity index (χ2n) is 6.58. The quantitative estimate of drug-likeness (QED) is 0.833. The van der Waals surface area contributed by atoms with Crippen LogP contribution in [-0.4, -0.2) is 49.7 Å². The van der Waals surface area contributed by atoms with Gasteiger partial charge in [-0.15, -0.1) is 0 Å². The molecule has 1 saturated heterocycles. The molecule has 108 valence electrons. The van der Waals surface area contributed by atoms with Crippen LogP contribution < -0.4 is 5.32 Å². The number of ether oxygens (including phenoxy) is 1. The average molecular weight is 266 g/mol. The molecule has 1 N–H and O–H groups in total. The predicted molar refractivity (Wildman–Crippen MR) is 73.8 cm³/mol. The van der Waals surface area contributed by atoms with Gasteiger partial charge in [0, 0.05) is 19.1 Å². The first kappa shape index (κ1) is 13.4. The summed E-state index contributed by atoms with van der Waals surface area (Å²) >= 11 is 0. The summed E-state index contributed by atoms with van der Waals surface area (Å²) in [4.78, 5) is 14.3. The smallest absolute Gasteiger partial charge is 0.234 e. The molecule has 19 heavy (non-hydrogen) atoms. The highest BCUT2D eigenvalue weighted by atomic mass is 16.5. The zero-order chi connectivity index (χ0) is 13.2. The Morgan fingerprint density at radius 2 is 2.11 bits per heavy atom. The summed E-state index contributed by atoms with van der Waals surface area (Å²) in [7, 11) is 0. The molecule has 0 spiro atoms. The number of hydrogen-bond donors (Lipinski definition) is 1. The second-order valence-corrected chi connectivity index (χ2v) is 6.58. The van der Waals surface area contributed by atoms with Crippen LogP contribution in [-0.2, 0) is 9.53 Å². The van der Waals surface area contributed by atoms with E-state index >= 15 is 0 Å². The fourth-order valence-corrected chi connectivity index (χ4v) is 4.28. The summed E-state index contributed by atoms with van der Waals surface area (Å²) in [5.74, 6) is 2.75. The molecule has 2 aliphatic carbocycles. The minimum absolute atomic E-state index is 0.192. The van der Waals surface area contributed by atoms with E-state index in [0.717, 1.165) is 44.1 Å². The maximum absolute atomic E-state index is 12.1. The van der Waals surface area contributed by atoms with Crippen molar-refractivity contribution in [2.45, 2.75) is 38.6 Å². The van der Waals surface area contributed by atoms with Crippen molar-refractivity contribution < 1.29 is 9.53 Å². The van der Waals surface area contributed by atoms with Gasteiger partial charge in [-0.1, -0.05) is 6.42 Å². The summed E-state index contributed by atoms with van der Waals surface area (Å²) < 4.78 is 5.30. The van der Waals surface area contributed by atoms with E-state index in [4.69, 9.17) is 4.74 Å². The van der Waals surface area contributed by atoms with Crippen LogP contribution in [0.2, 0.25) is 0 Å². The highest BCUT2D eigenvalue weighted by Crippen LogP contribution is 2.49. The van der Waals surface area contributed by atoms with E-state index in [9.17, 15) is 4.79 Å². The van der Waals surface area contributed by atoms with Gasteiger partial charge in [0.25, 0.3) is 0 Å². The van der Waals surface area contributed by atoms with Crippen LogP contribution in [0.15, 0.2) is 0 Å². The molecule has 1 amide bonds. The predicted octanol–water partition coefficient (Wildman–Crippen LogP) is 1.26. The number of carbonyl (C=O) groups excluding carboxylic acids is 1. The van der Waals surface area contributed by atoms with Gasteiger partial charge < -0.3 is 10.1 Å². The molecule has 0 aromatic rings. The Balaban J connectivity index is 1.43. The van der Waals surface area contributed by atoms with E-state index in [2.05, 4.69) is 17.1 Å². The number of rotatable bonds is 4. The molecule has 4 nitrogen and oxygen atoms in total. The molecule has 4 atom stereocenters. The molecule has 0 aromatic carbocycles. The van der Waals surface area contributed by atoms with Gasteiger partial charge in [0.2, 0.25) is 5.91 Å². The molecule has 1 heterocycles. The summed E-state index contributed by atoms with van der Waals surface area (Å²) in [6, 6.07) is 0.351. The average Bonchev–Trinajstić information content (AvgIpc) is 3.02. The van der Waals surface area contributed by atoms with Crippen LogP contribution in [0.5, 0.6) is 0 Å². The lowest BCUT2D eigenvalue weighted by Crippen LogP contribution is -2.47. The normalized spacial score (nSPS) is 36.4. The van der Waals surface area contributed by atoms with Crippen molar-refractivity contribution in [1.29, 1.82) is 0 Å². The van der Waals surface area contributed by atoms with Gasteiger partial charge in [-0.05, 0) is 43.9 Å². The lowest BCUT2D eigenvalue weighted by Gasteiger charge is -2.30. The third kappa shape index (κ3) is 3.11. The zero-order valence-corrected chi connectivity index (χ0v) is 11.9. The van der Waals surface area contributed by atoms with Crippen molar-refractivity contribution in [3.8, 4) is 0 Å². The van der Waals surface area contributed by atoms with Gasteiger partial charge in [0.1, 0.15) is 0 Å². The van der Waals surface area contributed by atoms with E-state index in [1.54, 1.807) is 0 Å². The van der Waals surface area contributed by atoms with Crippen LogP contribution in [0.3, 0.4) is 0 Å². The Morgan fingerprint density at radius 1 is 1.32 bits per heavy atom. The SMILES string of the molecule is C[C@H](NC(=O)CN1CCOCC1)[C@H]1C[C@@H]2CC[C@@H]1C2. The molecule has 3 rings (SSSR count). The second kappa shape index (κ2) is 5.80. The van der Waals surface area contributed by atoms with Gasteiger partial charge in [0.15, 0.2) is 0 Å². The van der Waals surface area contributed by atoms with Gasteiger partial charge in [-0.3, -0.25) is 9.69 Å². The molecular weight excluding hydrogens is 240 g/mol. The monoisotopic (exact) mass is 266 g/mol. The third-order valence-electron chi connectivity index (χ3n) is 5.29. The van der Waals surface area contributed by atoms with Gasteiger partial charge in [-0.2, -0.15) is 0 Å². The summed E-state index contributed by atoms with van der Waals surface area (Å²) in [5, 5.41) is 3.23. The number of nitrogens with zero attached hydrogens (tertiary/aromatic N) is 1. The van der Waals surface area contributed by atoms with Crippen LogP contribution in [0, 0.1) is 17.8 Å². The van der Waals surface area contributed by atoms with E-state index in [1.165, 1.54) is 25.7 Å². The number of fused-ring (bicyclic) bond motifs is 2. The first-order chi connectivity index (χ1) is 9.22. The molecule has 1 aliphatic heterocycles. The van der Waals surface area contributed by atoms with E-state index in [0.29, 0.717) is 12.6 Å². The fraction of sp³-hybridized carbons (Fsp3) is 0.933. The van der Waals surface area contributed by atoms with Crippen LogP contribution >= 0.6 is 0 Å². The first-order valence-electron chi connectivity index (χ1n) is 7.82. The summed E-state index contributed by atoms with van der Waals surface area (Å²) in [5.41, 5.74) is 0. The Kier molecular flexibility index (Phi) is 4.08. The first-order valence-corrected chi connectivity index (χ1v) is 7.82. The van der Waals surface area contributed by atoms with Gasteiger partial charge >= 0.3 is 0 Å². The van der Waals surface area contributed by atoms with Crippen molar-refractivity contribution in [1.82, 2.24) is 10.2 Å². The lowest BCUT2D eigenvalue weighted by molar-refractivity contribution is -0.124. The third-order valence-corrected chi connectivity index (χ3v) is 5.29. The molecular formula is C15H26N2O2. The summed E-state index contributed by atoms with van der Waals surface area (Å²) in [6.07, 6.45) is 5.56. The van der Waals surface area contributed by atoms with Crippen LogP contribution in [0.25, 0.3) is 0 Å². The van der Waals surface area contributed by atoms with Crippen molar-refractivity contribution in [3.63, 3.8) is 0 Å². The highest BCUT2D eigenvalue weighted by molar-refractivity contribution is 5.78. The van der Waals surface area contributed by atoms with Crippen molar-refractivity contribution >= 4 is 5.91 Å². The molecule has 4 heteroatoms. The number of nitrogens with one attached hydrogen (secondary N) is 1. The molecule has 2 bridgehead atoms. The fourth-order valence-electron chi connectivity index (χ4n) is 4.28. The number of carbonyl (C=O) groups is 1. The maximum atomic E-state index is 12.1. The minimum Gasteiger partial charge on any atom is -0.379 e. The van der Waals surface area contributed by atoms with Gasteiger partial charge in [0.05, 0.1) is 19.8 Å². The number of hydrogen-bond acceptors (Lipinski definition) is 3. The molecule has 0 radical (unpaired) electrons. The minimum atomic E-state index is 0.192. The van der Waals surface area contributed by atoms with E-state index in [1.807, 2.05) is 0 Å². The van der Waals surface area contributed by atoms with E-state index < -0.39 is 0 Å². The Morgan fingerprint density at radius 3 is 2.74 bits per heavy atom. The maximum Gasteiger partial charge on any atom is 0.234 e. The standard InChI is InChI=1S/C15H26N2O2/c1-11(14-9-12-2-3-13(14)8-12)16-15(18)10-17-4-6-19-7-5-17/h11-14H,2-10H2,1H3,(H,16,18)/t11-,12+,13+,14+/m0/s1. The van der Waals surface area contributed by atoms with Crippen molar-refractivity contribution in [2.75, 3.05) is 32.8 Å². The lowest BCUT2D eigenvalue weighted by atomic mass is 9.84. The zero-order valence-electron chi connectivity index (χ0n) is 11.9.